The van der Waals surface area contributed by atoms with E-state index in [-0.39, 0.29) is 23.5 Å². The number of rotatable bonds is 2. The summed E-state index contributed by atoms with van der Waals surface area (Å²) in [5.74, 6) is -1.70. The molecule has 112 valence electrons. The van der Waals surface area contributed by atoms with Crippen LogP contribution in [0.2, 0.25) is 0 Å². The Hall–Kier alpha value is -2.66. The van der Waals surface area contributed by atoms with Gasteiger partial charge in [0.1, 0.15) is 0 Å². The Morgan fingerprint density at radius 2 is 1.82 bits per heavy atom. The first-order valence-corrected chi connectivity index (χ1v) is 6.25. The van der Waals surface area contributed by atoms with Crippen molar-refractivity contribution in [1.29, 1.82) is 0 Å². The van der Waals surface area contributed by atoms with Gasteiger partial charge in [-0.1, -0.05) is 18.2 Å². The molecule has 6 heteroatoms. The topological polar surface area (TPSA) is 76.5 Å². The Morgan fingerprint density at radius 1 is 1.09 bits per heavy atom. The van der Waals surface area contributed by atoms with Gasteiger partial charge in [-0.2, -0.15) is 0 Å². The van der Waals surface area contributed by atoms with Gasteiger partial charge < -0.3 is 9.84 Å². The number of esters is 1. The van der Waals surface area contributed by atoms with Crippen LogP contribution >= 0.6 is 12.4 Å². The molecule has 2 aromatic carbocycles. The molecule has 0 aliphatic heterocycles. The average molecular weight is 318 g/mol. The molecule has 0 radical (unpaired) electrons. The summed E-state index contributed by atoms with van der Waals surface area (Å²) >= 11 is 0. The molecule has 1 heterocycles. The van der Waals surface area contributed by atoms with Crippen LogP contribution in [0.25, 0.3) is 21.8 Å². The molecule has 3 aromatic rings. The number of carboxylic acid groups (broad SMARTS) is 1. The van der Waals surface area contributed by atoms with E-state index in [1.807, 2.05) is 30.3 Å². The Labute approximate surface area is 131 Å². The number of aromatic carboxylic acids is 1. The molecule has 3 rings (SSSR count). The van der Waals surface area contributed by atoms with Gasteiger partial charge in [0.25, 0.3) is 0 Å². The molecule has 5 nitrogen and oxygen atoms in total. The van der Waals surface area contributed by atoms with Gasteiger partial charge in [-0.15, -0.1) is 12.4 Å². The molecule has 0 saturated carbocycles. The monoisotopic (exact) mass is 317 g/mol. The number of hydrogen-bond donors (Lipinski definition) is 1. The molecule has 0 fully saturated rings. The van der Waals surface area contributed by atoms with Crippen molar-refractivity contribution >= 4 is 46.2 Å². The number of carbonyl (C=O) groups excluding carboxylic acids is 1. The number of carbonyl (C=O) groups is 2. The highest BCUT2D eigenvalue weighted by atomic mass is 35.5. The highest BCUT2D eigenvalue weighted by molar-refractivity contribution is 6.09. The molecule has 1 N–H and O–H groups in total. The molecule has 0 atom stereocenters. The number of hydrogen-bond acceptors (Lipinski definition) is 4. The van der Waals surface area contributed by atoms with Crippen LogP contribution in [0.1, 0.15) is 20.7 Å². The van der Waals surface area contributed by atoms with Gasteiger partial charge in [0.15, 0.2) is 0 Å². The van der Waals surface area contributed by atoms with Crippen molar-refractivity contribution in [3.8, 4) is 0 Å². The van der Waals surface area contributed by atoms with Crippen molar-refractivity contribution in [3.05, 3.63) is 53.6 Å². The Bertz CT molecular complexity index is 892. The van der Waals surface area contributed by atoms with Crippen molar-refractivity contribution in [1.82, 2.24) is 4.98 Å². The zero-order chi connectivity index (χ0) is 15.0. The molecular formula is C16H12ClNO4. The second kappa shape index (κ2) is 5.99. The van der Waals surface area contributed by atoms with Crippen molar-refractivity contribution in [3.63, 3.8) is 0 Å². The standard InChI is InChI=1S/C16H11NO4.ClH/c1-21-16(20)12-7-10(15(18)19)8-14-11(12)6-9-4-2-3-5-13(9)17-14;/h2-8H,1H3,(H,18,19);1H. The molecule has 0 aliphatic rings. The molecule has 0 saturated heterocycles. The maximum atomic E-state index is 11.9. The minimum atomic E-state index is -1.11. The van der Waals surface area contributed by atoms with E-state index in [1.54, 1.807) is 0 Å². The van der Waals surface area contributed by atoms with E-state index >= 15 is 0 Å². The summed E-state index contributed by atoms with van der Waals surface area (Å²) in [7, 11) is 1.26. The number of halogens is 1. The number of benzene rings is 2. The number of methoxy groups -OCH3 is 1. The molecule has 0 bridgehead atoms. The summed E-state index contributed by atoms with van der Waals surface area (Å²) in [6.45, 7) is 0. The molecular weight excluding hydrogens is 306 g/mol. The van der Waals surface area contributed by atoms with Crippen molar-refractivity contribution in [2.75, 3.05) is 7.11 Å². The summed E-state index contributed by atoms with van der Waals surface area (Å²) in [6, 6.07) is 12.0. The van der Waals surface area contributed by atoms with Crippen LogP contribution in [0.3, 0.4) is 0 Å². The normalized spacial score (nSPS) is 10.2. The van der Waals surface area contributed by atoms with Gasteiger partial charge in [0.05, 0.1) is 29.3 Å². The number of fused-ring (bicyclic) bond motifs is 2. The second-order valence-corrected chi connectivity index (χ2v) is 4.57. The second-order valence-electron chi connectivity index (χ2n) is 4.57. The Morgan fingerprint density at radius 3 is 2.50 bits per heavy atom. The summed E-state index contributed by atoms with van der Waals surface area (Å²) in [4.78, 5) is 27.5. The Balaban J connectivity index is 0.00000176. The lowest BCUT2D eigenvalue weighted by atomic mass is 10.0. The third-order valence-corrected chi connectivity index (χ3v) is 3.29. The number of aromatic nitrogens is 1. The lowest BCUT2D eigenvalue weighted by Gasteiger charge is -2.08. The van der Waals surface area contributed by atoms with Crippen LogP contribution in [-0.4, -0.2) is 29.1 Å². The van der Waals surface area contributed by atoms with E-state index in [1.165, 1.54) is 19.2 Å². The van der Waals surface area contributed by atoms with E-state index in [9.17, 15) is 9.59 Å². The quantitative estimate of drug-likeness (QED) is 0.579. The summed E-state index contributed by atoms with van der Waals surface area (Å²) < 4.78 is 4.73. The van der Waals surface area contributed by atoms with Gasteiger partial charge >= 0.3 is 11.9 Å². The molecule has 22 heavy (non-hydrogen) atoms. The predicted molar refractivity (Wildman–Crippen MR) is 84.8 cm³/mol. The van der Waals surface area contributed by atoms with Crippen LogP contribution < -0.4 is 0 Å². The zero-order valence-electron chi connectivity index (χ0n) is 11.6. The molecule has 0 aliphatic carbocycles. The van der Waals surface area contributed by atoms with Gasteiger partial charge in [-0.3, -0.25) is 0 Å². The minimum Gasteiger partial charge on any atom is -0.478 e. The number of para-hydroxylation sites is 1. The SMILES string of the molecule is COC(=O)c1cc(C(=O)O)cc2nc3ccccc3cc12.Cl. The first-order chi connectivity index (χ1) is 10.1. The maximum absolute atomic E-state index is 11.9. The van der Waals surface area contributed by atoms with Crippen molar-refractivity contribution < 1.29 is 19.4 Å². The van der Waals surface area contributed by atoms with E-state index in [0.29, 0.717) is 10.9 Å². The van der Waals surface area contributed by atoms with Crippen LogP contribution in [0, 0.1) is 0 Å². The third-order valence-electron chi connectivity index (χ3n) is 3.29. The highest BCUT2D eigenvalue weighted by Gasteiger charge is 2.16. The molecule has 0 amide bonds. The van der Waals surface area contributed by atoms with Crippen LogP contribution in [0.4, 0.5) is 0 Å². The van der Waals surface area contributed by atoms with E-state index < -0.39 is 11.9 Å². The lowest BCUT2D eigenvalue weighted by Crippen LogP contribution is -2.06. The van der Waals surface area contributed by atoms with E-state index in [4.69, 9.17) is 9.84 Å². The smallest absolute Gasteiger partial charge is 0.338 e. The van der Waals surface area contributed by atoms with Crippen LogP contribution in [-0.2, 0) is 4.74 Å². The van der Waals surface area contributed by atoms with Crippen molar-refractivity contribution in [2.45, 2.75) is 0 Å². The van der Waals surface area contributed by atoms with Gasteiger partial charge in [-0.05, 0) is 24.3 Å². The van der Waals surface area contributed by atoms with Gasteiger partial charge in [-0.25, -0.2) is 14.6 Å². The number of carboxylic acids is 1. The first kappa shape index (κ1) is 15.7. The maximum Gasteiger partial charge on any atom is 0.338 e. The summed E-state index contributed by atoms with van der Waals surface area (Å²) in [5, 5.41) is 10.6. The minimum absolute atomic E-state index is 0. The zero-order valence-corrected chi connectivity index (χ0v) is 12.4. The van der Waals surface area contributed by atoms with Crippen molar-refractivity contribution in [2.24, 2.45) is 0 Å². The van der Waals surface area contributed by atoms with E-state index in [2.05, 4.69) is 4.98 Å². The summed E-state index contributed by atoms with van der Waals surface area (Å²) in [6.07, 6.45) is 0. The first-order valence-electron chi connectivity index (χ1n) is 6.25. The highest BCUT2D eigenvalue weighted by Crippen LogP contribution is 2.25. The number of ether oxygens (including phenoxy) is 1. The molecule has 1 aromatic heterocycles. The molecule has 0 unspecified atom stereocenters. The fraction of sp³-hybridized carbons (Fsp3) is 0.0625. The fourth-order valence-corrected chi connectivity index (χ4v) is 2.28. The lowest BCUT2D eigenvalue weighted by molar-refractivity contribution is 0.0603. The van der Waals surface area contributed by atoms with Crippen LogP contribution in [0.5, 0.6) is 0 Å². The van der Waals surface area contributed by atoms with Crippen LogP contribution in [0.15, 0.2) is 42.5 Å². The molecule has 0 spiro atoms. The largest absolute Gasteiger partial charge is 0.478 e. The fourth-order valence-electron chi connectivity index (χ4n) is 2.28. The van der Waals surface area contributed by atoms with E-state index in [0.717, 1.165) is 10.9 Å². The predicted octanol–water partition coefficient (Wildman–Crippen LogP) is 3.29. The van der Waals surface area contributed by atoms with Gasteiger partial charge in [0.2, 0.25) is 0 Å². The third kappa shape index (κ3) is 2.58. The number of nitrogens with zero attached hydrogens (tertiary/aromatic N) is 1. The Kier molecular flexibility index (Phi) is 4.28. The average Bonchev–Trinajstić information content (AvgIpc) is 2.50. The summed E-state index contributed by atoms with van der Waals surface area (Å²) in [5.41, 5.74) is 1.40. The number of pyridine rings is 1. The van der Waals surface area contributed by atoms with Gasteiger partial charge in [0, 0.05) is 10.8 Å².